The van der Waals surface area contributed by atoms with Crippen molar-refractivity contribution >= 4 is 11.6 Å². The molecule has 0 radical (unpaired) electrons. The second-order valence-corrected chi connectivity index (χ2v) is 5.66. The summed E-state index contributed by atoms with van der Waals surface area (Å²) in [6, 6.07) is 5.74. The number of carboxylic acid groups (broad SMARTS) is 1. The molecule has 0 saturated carbocycles. The van der Waals surface area contributed by atoms with Crippen LogP contribution >= 0.6 is 0 Å². The fourth-order valence-corrected chi connectivity index (χ4v) is 3.28. The highest BCUT2D eigenvalue weighted by Crippen LogP contribution is 2.20. The van der Waals surface area contributed by atoms with Gasteiger partial charge in [0.05, 0.1) is 5.69 Å². The Bertz CT molecular complexity index is 650. The first-order chi connectivity index (χ1) is 10.2. The predicted molar refractivity (Wildman–Crippen MR) is 80.7 cm³/mol. The van der Waals surface area contributed by atoms with Gasteiger partial charge >= 0.3 is 5.97 Å². The molecule has 112 valence electrons. The molecule has 1 fully saturated rings. The van der Waals surface area contributed by atoms with Gasteiger partial charge in [0, 0.05) is 18.7 Å². The fraction of sp³-hybridized carbons (Fsp3) is 0.500. The number of imidazole rings is 1. The summed E-state index contributed by atoms with van der Waals surface area (Å²) in [5.41, 5.74) is 1.96. The maximum atomic E-state index is 11.3. The van der Waals surface area contributed by atoms with Crippen molar-refractivity contribution < 1.29 is 9.90 Å². The van der Waals surface area contributed by atoms with Gasteiger partial charge in [-0.1, -0.05) is 19.4 Å². The molecule has 1 atom stereocenters. The second-order valence-electron chi connectivity index (χ2n) is 5.66. The Balaban J connectivity index is 1.87. The van der Waals surface area contributed by atoms with Crippen LogP contribution in [0.2, 0.25) is 0 Å². The molecule has 1 unspecified atom stereocenters. The zero-order valence-electron chi connectivity index (χ0n) is 12.3. The summed E-state index contributed by atoms with van der Waals surface area (Å²) in [5.74, 6) is -0.919. The number of carbonyl (C=O) groups is 1. The molecule has 21 heavy (non-hydrogen) atoms. The largest absolute Gasteiger partial charge is 0.477 e. The van der Waals surface area contributed by atoms with Crippen LogP contribution in [0.5, 0.6) is 0 Å². The van der Waals surface area contributed by atoms with Crippen molar-refractivity contribution in [2.45, 2.75) is 38.6 Å². The Labute approximate surface area is 124 Å². The second kappa shape index (κ2) is 5.85. The van der Waals surface area contributed by atoms with Gasteiger partial charge in [0.1, 0.15) is 11.3 Å². The standard InChI is InChI=1S/C16H21N3O2/c1-2-18-9-4-3-6-13(18)10-12-11-19-14(16(20)21)7-5-8-15(19)17-12/h5,7-8,11,13H,2-4,6,9-10H2,1H3,(H,20,21). The normalized spacial score (nSPS) is 20.0. The lowest BCUT2D eigenvalue weighted by Crippen LogP contribution is -2.40. The number of nitrogens with zero attached hydrogens (tertiary/aromatic N) is 3. The molecule has 0 amide bonds. The van der Waals surface area contributed by atoms with E-state index in [4.69, 9.17) is 0 Å². The zero-order valence-corrected chi connectivity index (χ0v) is 12.3. The van der Waals surface area contributed by atoms with Crippen molar-refractivity contribution in [3.8, 4) is 0 Å². The summed E-state index contributed by atoms with van der Waals surface area (Å²) in [5, 5.41) is 9.24. The van der Waals surface area contributed by atoms with Crippen LogP contribution in [0.1, 0.15) is 42.4 Å². The van der Waals surface area contributed by atoms with E-state index in [-0.39, 0.29) is 5.69 Å². The van der Waals surface area contributed by atoms with Gasteiger partial charge in [-0.2, -0.15) is 0 Å². The van der Waals surface area contributed by atoms with Crippen LogP contribution in [0.4, 0.5) is 0 Å². The Kier molecular flexibility index (Phi) is 3.92. The first-order valence-corrected chi connectivity index (χ1v) is 7.63. The van der Waals surface area contributed by atoms with Crippen molar-refractivity contribution in [1.29, 1.82) is 0 Å². The van der Waals surface area contributed by atoms with Crippen molar-refractivity contribution in [2.75, 3.05) is 13.1 Å². The van der Waals surface area contributed by atoms with E-state index in [9.17, 15) is 9.90 Å². The van der Waals surface area contributed by atoms with Gasteiger partial charge in [-0.3, -0.25) is 4.40 Å². The first kappa shape index (κ1) is 14.1. The highest BCUT2D eigenvalue weighted by Gasteiger charge is 2.22. The van der Waals surface area contributed by atoms with E-state index in [1.165, 1.54) is 19.3 Å². The molecule has 0 bridgehead atoms. The van der Waals surface area contributed by atoms with E-state index < -0.39 is 5.97 Å². The summed E-state index contributed by atoms with van der Waals surface area (Å²) in [7, 11) is 0. The Hall–Kier alpha value is -1.88. The minimum absolute atomic E-state index is 0.266. The van der Waals surface area contributed by atoms with E-state index in [1.807, 2.05) is 12.3 Å². The Morgan fingerprint density at radius 2 is 2.29 bits per heavy atom. The molecule has 0 aliphatic carbocycles. The average Bonchev–Trinajstić information content (AvgIpc) is 2.89. The third-order valence-corrected chi connectivity index (χ3v) is 4.36. The number of fused-ring (bicyclic) bond motifs is 1. The maximum absolute atomic E-state index is 11.3. The van der Waals surface area contributed by atoms with Crippen molar-refractivity contribution in [2.24, 2.45) is 0 Å². The number of likely N-dealkylation sites (N-methyl/N-ethyl adjacent to an activating group) is 1. The van der Waals surface area contributed by atoms with Crippen molar-refractivity contribution in [3.63, 3.8) is 0 Å². The quantitative estimate of drug-likeness (QED) is 0.938. The zero-order chi connectivity index (χ0) is 14.8. The molecule has 5 nitrogen and oxygen atoms in total. The number of hydrogen-bond donors (Lipinski definition) is 1. The van der Waals surface area contributed by atoms with E-state index in [2.05, 4.69) is 16.8 Å². The summed E-state index contributed by atoms with van der Waals surface area (Å²) in [6.45, 7) is 4.43. The van der Waals surface area contributed by atoms with Crippen LogP contribution in [0.25, 0.3) is 5.65 Å². The van der Waals surface area contributed by atoms with Crippen LogP contribution in [0.15, 0.2) is 24.4 Å². The topological polar surface area (TPSA) is 57.8 Å². The molecule has 0 aromatic carbocycles. The molecule has 1 aliphatic rings. The number of aromatic nitrogens is 2. The highest BCUT2D eigenvalue weighted by molar-refractivity contribution is 5.86. The number of carboxylic acids is 1. The summed E-state index contributed by atoms with van der Waals surface area (Å²) >= 11 is 0. The van der Waals surface area contributed by atoms with Gasteiger partial charge in [0.2, 0.25) is 0 Å². The minimum atomic E-state index is -0.919. The number of pyridine rings is 1. The SMILES string of the molecule is CCN1CCCCC1Cc1cn2c(C(=O)O)cccc2n1. The Morgan fingerprint density at radius 1 is 1.43 bits per heavy atom. The van der Waals surface area contributed by atoms with E-state index in [0.717, 1.165) is 25.2 Å². The third kappa shape index (κ3) is 2.78. The molecular weight excluding hydrogens is 266 g/mol. The fourth-order valence-electron chi connectivity index (χ4n) is 3.28. The lowest BCUT2D eigenvalue weighted by molar-refractivity contribution is 0.0689. The number of aromatic carboxylic acids is 1. The first-order valence-electron chi connectivity index (χ1n) is 7.63. The molecule has 5 heteroatoms. The molecule has 1 aliphatic heterocycles. The smallest absolute Gasteiger partial charge is 0.352 e. The number of piperidine rings is 1. The molecule has 2 aromatic rings. The number of hydrogen-bond acceptors (Lipinski definition) is 3. The highest BCUT2D eigenvalue weighted by atomic mass is 16.4. The lowest BCUT2D eigenvalue weighted by Gasteiger charge is -2.34. The third-order valence-electron chi connectivity index (χ3n) is 4.36. The lowest BCUT2D eigenvalue weighted by atomic mass is 9.98. The van der Waals surface area contributed by atoms with Gasteiger partial charge in [0.15, 0.2) is 0 Å². The summed E-state index contributed by atoms with van der Waals surface area (Å²) in [4.78, 5) is 18.4. The molecule has 1 saturated heterocycles. The van der Waals surface area contributed by atoms with Gasteiger partial charge in [0.25, 0.3) is 0 Å². The molecular formula is C16H21N3O2. The predicted octanol–water partition coefficient (Wildman–Crippen LogP) is 2.45. The maximum Gasteiger partial charge on any atom is 0.352 e. The molecule has 0 spiro atoms. The number of rotatable bonds is 4. The molecule has 3 heterocycles. The van der Waals surface area contributed by atoms with Gasteiger partial charge in [-0.15, -0.1) is 0 Å². The van der Waals surface area contributed by atoms with Gasteiger partial charge in [-0.25, -0.2) is 9.78 Å². The summed E-state index contributed by atoms with van der Waals surface area (Å²) in [6.07, 6.45) is 6.52. The van der Waals surface area contributed by atoms with Gasteiger partial charge in [-0.05, 0) is 38.1 Å². The molecule has 1 N–H and O–H groups in total. The van der Waals surface area contributed by atoms with Crippen LogP contribution < -0.4 is 0 Å². The van der Waals surface area contributed by atoms with E-state index in [0.29, 0.717) is 11.7 Å². The van der Waals surface area contributed by atoms with Crippen LogP contribution in [0.3, 0.4) is 0 Å². The van der Waals surface area contributed by atoms with E-state index in [1.54, 1.807) is 16.5 Å². The molecule has 3 rings (SSSR count). The Morgan fingerprint density at radius 3 is 3.05 bits per heavy atom. The van der Waals surface area contributed by atoms with E-state index >= 15 is 0 Å². The van der Waals surface area contributed by atoms with Gasteiger partial charge < -0.3 is 10.0 Å². The minimum Gasteiger partial charge on any atom is -0.477 e. The van der Waals surface area contributed by atoms with Crippen LogP contribution in [-0.2, 0) is 6.42 Å². The average molecular weight is 287 g/mol. The molecule has 2 aromatic heterocycles. The summed E-state index contributed by atoms with van der Waals surface area (Å²) < 4.78 is 1.68. The van der Waals surface area contributed by atoms with Crippen molar-refractivity contribution in [3.05, 3.63) is 35.8 Å². The van der Waals surface area contributed by atoms with Crippen LogP contribution in [-0.4, -0.2) is 44.5 Å². The van der Waals surface area contributed by atoms with Crippen molar-refractivity contribution in [1.82, 2.24) is 14.3 Å². The monoisotopic (exact) mass is 287 g/mol. The van der Waals surface area contributed by atoms with Crippen LogP contribution in [0, 0.1) is 0 Å². The number of likely N-dealkylation sites (tertiary alicyclic amines) is 1.